The summed E-state index contributed by atoms with van der Waals surface area (Å²) in [5.41, 5.74) is 0.997. The van der Waals surface area contributed by atoms with Gasteiger partial charge in [0.1, 0.15) is 0 Å². The predicted octanol–water partition coefficient (Wildman–Crippen LogP) is -1.25. The fourth-order valence-electron chi connectivity index (χ4n) is 4.41. The average molecular weight is 759 g/mol. The number of carbonyl (C=O) groups is 3. The third kappa shape index (κ3) is 15.9. The van der Waals surface area contributed by atoms with E-state index in [9.17, 15) is 43.2 Å². The number of sulfonamides is 1. The number of aliphatic carboxylic acids is 3. The van der Waals surface area contributed by atoms with E-state index >= 15 is 0 Å². The summed E-state index contributed by atoms with van der Waals surface area (Å²) < 4.78 is 28.7. The Hall–Kier alpha value is -1.34. The van der Waals surface area contributed by atoms with Gasteiger partial charge in [-0.2, -0.15) is 0 Å². The Balaban J connectivity index is 2.06. The average Bonchev–Trinajstić information content (AvgIpc) is 2.89. The molecule has 240 valence electrons. The first-order valence-corrected chi connectivity index (χ1v) is 18.1. The summed E-state index contributed by atoms with van der Waals surface area (Å²) in [6.45, 7) is 2.71. The van der Waals surface area contributed by atoms with E-state index in [4.69, 9.17) is 0 Å². The van der Waals surface area contributed by atoms with Gasteiger partial charge in [-0.1, -0.05) is 0 Å². The Bertz CT molecular complexity index is 1070. The second-order valence-electron chi connectivity index (χ2n) is 10.2. The van der Waals surface area contributed by atoms with Crippen LogP contribution in [0.25, 0.3) is 0 Å². The van der Waals surface area contributed by atoms with E-state index in [0.29, 0.717) is 61.0 Å². The molecular weight excluding hydrogens is 716 g/mol. The molecule has 16 heteroatoms. The van der Waals surface area contributed by atoms with Crippen LogP contribution in [0.4, 0.5) is 0 Å². The van der Waals surface area contributed by atoms with E-state index in [-0.39, 0.29) is 32.7 Å². The topological polar surface area (TPSA) is 182 Å². The van der Waals surface area contributed by atoms with Crippen molar-refractivity contribution < 1.29 is 79.5 Å². The molecule has 0 radical (unpaired) electrons. The minimum atomic E-state index is -3.54. The summed E-state index contributed by atoms with van der Waals surface area (Å²) in [5.74, 6) is -2.99. The summed E-state index contributed by atoms with van der Waals surface area (Å²) in [5, 5.41) is 38.9. The summed E-state index contributed by atoms with van der Waals surface area (Å²) in [7, 11) is -3.54. The fraction of sp³-hybridized carbons (Fsp3) is 0.654. The van der Waals surface area contributed by atoms with E-state index in [1.807, 2.05) is 30.3 Å². The third-order valence-electron chi connectivity index (χ3n) is 6.61. The number of hydrogen-bond acceptors (Lipinski definition) is 10. The number of rotatable bonds is 15. The molecule has 42 heavy (non-hydrogen) atoms. The molecule has 1 unspecified atom stereocenters. The molecule has 1 aliphatic rings. The molecule has 0 bridgehead atoms. The van der Waals surface area contributed by atoms with Crippen molar-refractivity contribution in [3.05, 3.63) is 35.9 Å². The van der Waals surface area contributed by atoms with E-state index in [1.165, 1.54) is 4.31 Å². The first-order chi connectivity index (χ1) is 19.8. The summed E-state index contributed by atoms with van der Waals surface area (Å²) in [4.78, 5) is 39.5. The molecule has 1 saturated heterocycles. The van der Waals surface area contributed by atoms with Crippen LogP contribution in [-0.4, -0.2) is 164 Å². The molecule has 1 heterocycles. The van der Waals surface area contributed by atoms with E-state index in [0.717, 1.165) is 11.8 Å². The number of nitrogens with zero attached hydrogens (tertiary/aromatic N) is 5. The van der Waals surface area contributed by atoms with E-state index in [1.54, 1.807) is 14.7 Å². The molecule has 0 aromatic heterocycles. The molecule has 14 nitrogen and oxygen atoms in total. The zero-order chi connectivity index (χ0) is 31.1. The Morgan fingerprint density at radius 2 is 1.24 bits per heavy atom. The van der Waals surface area contributed by atoms with Gasteiger partial charge in [-0.15, -0.1) is 0 Å². The molecule has 4 N–H and O–H groups in total. The number of benzene rings is 1. The van der Waals surface area contributed by atoms with Gasteiger partial charge in [0.15, 0.2) is 0 Å². The van der Waals surface area contributed by atoms with Crippen LogP contribution in [-0.2, 0) is 30.8 Å². The van der Waals surface area contributed by atoms with Crippen molar-refractivity contribution in [2.75, 3.05) is 91.3 Å². The van der Waals surface area contributed by atoms with Crippen molar-refractivity contribution in [3.8, 4) is 0 Å². The van der Waals surface area contributed by atoms with Crippen LogP contribution in [0.5, 0.6) is 0 Å². The van der Waals surface area contributed by atoms with Crippen LogP contribution in [0, 0.1) is 36.3 Å². The first kappa shape index (κ1) is 36.9. The van der Waals surface area contributed by atoms with Gasteiger partial charge < -0.3 is 0 Å². The normalized spacial score (nSPS) is 18.4. The van der Waals surface area contributed by atoms with Crippen molar-refractivity contribution in [2.24, 2.45) is 0 Å². The maximum absolute atomic E-state index is 12.4. The summed E-state index contributed by atoms with van der Waals surface area (Å²) >= 11 is -1.12. The maximum atomic E-state index is 12.4. The number of carboxylic acids is 3. The van der Waals surface area contributed by atoms with Gasteiger partial charge in [0.05, 0.1) is 0 Å². The van der Waals surface area contributed by atoms with Crippen LogP contribution >= 0.6 is 0 Å². The van der Waals surface area contributed by atoms with E-state index < -0.39 is 70.3 Å². The molecule has 1 aromatic carbocycles. The van der Waals surface area contributed by atoms with Crippen molar-refractivity contribution in [3.63, 3.8) is 0 Å². The van der Waals surface area contributed by atoms with Crippen molar-refractivity contribution in [1.29, 1.82) is 0 Å². The van der Waals surface area contributed by atoms with Gasteiger partial charge in [0, 0.05) is 0 Å². The molecule has 1 aromatic rings. The zero-order valence-electron chi connectivity index (χ0n) is 23.9. The van der Waals surface area contributed by atoms with Gasteiger partial charge in [-0.3, -0.25) is 0 Å². The van der Waals surface area contributed by atoms with Gasteiger partial charge in [-0.25, -0.2) is 0 Å². The predicted molar refractivity (Wildman–Crippen MR) is 151 cm³/mol. The number of hydrogen-bond donors (Lipinski definition) is 4. The van der Waals surface area contributed by atoms with Crippen molar-refractivity contribution in [2.45, 2.75) is 14.7 Å². The van der Waals surface area contributed by atoms with Gasteiger partial charge >= 0.3 is 269 Å². The van der Waals surface area contributed by atoms with Crippen LogP contribution in [0.15, 0.2) is 30.3 Å². The Labute approximate surface area is 267 Å². The standard InChI is InChI=1S/C14H25N4O6.C12H18NO3S.Gd/c19-12(20)9-16-3-1-15-2-4-17(10-13(21)22)6-8-18(7-5-16)11-14(23)24;1-11(14)10-13(17(2,15)16)9-8-12-6-4-3-5-7-12;/h1-11H2,(H,19,20)(H,21,22)(H,23,24);3-7,11,14H,1,8-10H2,2H3;/q-1;;+1. The molecular formula is C26H43GdN5O9S. The molecule has 2 rings (SSSR count). The second kappa shape index (κ2) is 19.1. The minimum absolute atomic E-state index is 0.0256. The summed E-state index contributed by atoms with van der Waals surface area (Å²) in [6, 6.07) is 9.51. The molecule has 0 amide bonds. The van der Waals surface area contributed by atoms with Gasteiger partial charge in [0.2, 0.25) is 0 Å². The molecule has 1 fully saturated rings. The van der Waals surface area contributed by atoms with Crippen LogP contribution in [0.2, 0.25) is 2.20 Å². The van der Waals surface area contributed by atoms with Crippen molar-refractivity contribution >= 4 is 27.9 Å². The molecule has 1 aliphatic heterocycles. The Morgan fingerprint density at radius 3 is 1.64 bits per heavy atom. The third-order valence-corrected chi connectivity index (χ3v) is 11.4. The summed E-state index contributed by atoms with van der Waals surface area (Å²) in [6.07, 6.45) is 0.773. The number of carboxylic acid groups (broad SMARTS) is 3. The first-order valence-electron chi connectivity index (χ1n) is 13.6. The van der Waals surface area contributed by atoms with Crippen LogP contribution < -0.4 is 0 Å². The Morgan fingerprint density at radius 1 is 0.810 bits per heavy atom. The molecule has 0 aliphatic carbocycles. The van der Waals surface area contributed by atoms with Crippen molar-refractivity contribution in [1.82, 2.24) is 20.1 Å². The molecule has 0 spiro atoms. The van der Waals surface area contributed by atoms with Crippen LogP contribution in [0.3, 0.4) is 0 Å². The monoisotopic (exact) mass is 759 g/mol. The molecule has 0 saturated carbocycles. The SMILES string of the molecule is CS(=O)(=O)N(CCc1ccccc1)CC(O)[CH2][Gd][N]1CCN(CC(=O)O)CCN(CC(=O)O)CCN(CC(=O)O)CC1. The fourth-order valence-corrected chi connectivity index (χ4v) is 7.80. The number of aliphatic hydroxyl groups excluding tert-OH is 1. The molecule has 1 atom stereocenters. The van der Waals surface area contributed by atoms with Gasteiger partial charge in [0.25, 0.3) is 0 Å². The Kier molecular flexibility index (Phi) is 16.8. The quantitative estimate of drug-likeness (QED) is 0.167. The second-order valence-corrected chi connectivity index (χ2v) is 15.2. The van der Waals surface area contributed by atoms with Crippen LogP contribution in [0.1, 0.15) is 5.56 Å². The van der Waals surface area contributed by atoms with E-state index in [2.05, 4.69) is 1.10 Å². The van der Waals surface area contributed by atoms with Gasteiger partial charge in [-0.05, 0) is 0 Å². The zero-order valence-corrected chi connectivity index (χ0v) is 27.0. The number of aliphatic hydroxyl groups is 1.